The highest BCUT2D eigenvalue weighted by atomic mass is 32.2. The summed E-state index contributed by atoms with van der Waals surface area (Å²) in [5, 5.41) is 9.61. The zero-order valence-corrected chi connectivity index (χ0v) is 28.4. The molecular formula is C33H34F5N7O5S. The lowest BCUT2D eigenvalue weighted by molar-refractivity contribution is -0.161. The lowest BCUT2D eigenvalue weighted by Gasteiger charge is -2.35. The molecule has 2 aliphatic rings. The van der Waals surface area contributed by atoms with Crippen molar-refractivity contribution in [1.29, 1.82) is 0 Å². The van der Waals surface area contributed by atoms with Crippen LogP contribution >= 0.6 is 0 Å². The van der Waals surface area contributed by atoms with Crippen LogP contribution in [0.2, 0.25) is 0 Å². The number of rotatable bonds is 6. The van der Waals surface area contributed by atoms with Gasteiger partial charge in [-0.05, 0) is 63.1 Å². The molecule has 12 nitrogen and oxygen atoms in total. The van der Waals surface area contributed by atoms with Crippen LogP contribution < -0.4 is 15.5 Å². The van der Waals surface area contributed by atoms with Gasteiger partial charge in [-0.2, -0.15) is 26.7 Å². The number of hydrogen-bond acceptors (Lipinski definition) is 7. The van der Waals surface area contributed by atoms with Gasteiger partial charge in [0.1, 0.15) is 34.2 Å². The third-order valence-corrected chi connectivity index (χ3v) is 8.40. The highest BCUT2D eigenvalue weighted by Crippen LogP contribution is 2.58. The van der Waals surface area contributed by atoms with E-state index in [4.69, 9.17) is 4.55 Å². The molecule has 272 valence electrons. The number of piperazine rings is 1. The Bertz CT molecular complexity index is 2020. The second kappa shape index (κ2) is 14.3. The number of amides is 3. The Balaban J connectivity index is 0.000000943. The third kappa shape index (κ3) is 8.62. The zero-order chi connectivity index (χ0) is 37.3. The number of hydrogen-bond donors (Lipinski definition) is 3. The minimum absolute atomic E-state index is 0.0697. The predicted octanol–water partition coefficient (Wildman–Crippen LogP) is 5.87. The lowest BCUT2D eigenvalue weighted by atomic mass is 10.0. The molecule has 2 fully saturated rings. The fourth-order valence-electron chi connectivity index (χ4n) is 5.52. The number of halogens is 5. The highest BCUT2D eigenvalue weighted by Gasteiger charge is 2.66. The molecule has 3 amide bonds. The molecule has 1 aliphatic carbocycles. The molecule has 0 spiro atoms. The van der Waals surface area contributed by atoms with Gasteiger partial charge in [-0.1, -0.05) is 23.8 Å². The first-order chi connectivity index (χ1) is 23.9. The average molecular weight is 736 g/mol. The number of alkyl halides is 3. The maximum Gasteiger partial charge on any atom is 0.400 e. The van der Waals surface area contributed by atoms with Crippen molar-refractivity contribution in [2.45, 2.75) is 38.3 Å². The van der Waals surface area contributed by atoms with Crippen LogP contribution in [-0.4, -0.2) is 83.2 Å². The predicted molar refractivity (Wildman–Crippen MR) is 179 cm³/mol. The van der Waals surface area contributed by atoms with E-state index >= 15 is 0 Å². The standard InChI is InChI=1S/C32H30F5N7O2.CH4O3S/c1-19-6-8-21(9-7-19)44-27(18-25(41-44)31(12-13-31)32(35,36)37)40-30(46)39-24-10-11-26(38-20(24)2)42-14-16-43(17-15-42)29(45)28-22(33)4-3-5-23(28)34;1-5(2,3)4/h3-11,18H,12-17H2,1-2H3,(H2,39,40,46);1H3,(H,2,3,4). The van der Waals surface area contributed by atoms with Crippen LogP contribution in [0.15, 0.2) is 60.7 Å². The van der Waals surface area contributed by atoms with Crippen molar-refractivity contribution in [1.82, 2.24) is 19.7 Å². The van der Waals surface area contributed by atoms with Gasteiger partial charge in [0.05, 0.1) is 29.0 Å². The van der Waals surface area contributed by atoms with E-state index in [0.29, 0.717) is 42.2 Å². The molecule has 0 atom stereocenters. The Morgan fingerprint density at radius 2 is 1.49 bits per heavy atom. The van der Waals surface area contributed by atoms with Crippen LogP contribution in [0.5, 0.6) is 0 Å². The largest absolute Gasteiger partial charge is 0.400 e. The van der Waals surface area contributed by atoms with Crippen molar-refractivity contribution < 1.29 is 44.5 Å². The van der Waals surface area contributed by atoms with Crippen LogP contribution in [-0.2, 0) is 15.5 Å². The highest BCUT2D eigenvalue weighted by molar-refractivity contribution is 7.85. The summed E-state index contributed by atoms with van der Waals surface area (Å²) >= 11 is 0. The Kier molecular flexibility index (Phi) is 10.4. The Morgan fingerprint density at radius 3 is 2.02 bits per heavy atom. The van der Waals surface area contributed by atoms with Gasteiger partial charge >= 0.3 is 12.2 Å². The van der Waals surface area contributed by atoms with E-state index in [1.54, 1.807) is 43.3 Å². The number of aryl methyl sites for hydroxylation is 2. The number of pyridine rings is 1. The van der Waals surface area contributed by atoms with Crippen LogP contribution in [0.25, 0.3) is 5.69 Å². The minimum Gasteiger partial charge on any atom is -0.353 e. The molecule has 4 aromatic rings. The number of benzene rings is 2. The number of urea groups is 1. The molecule has 6 rings (SSSR count). The molecule has 51 heavy (non-hydrogen) atoms. The van der Waals surface area contributed by atoms with Crippen molar-refractivity contribution >= 4 is 39.4 Å². The van der Waals surface area contributed by atoms with Gasteiger partial charge in [0.25, 0.3) is 16.0 Å². The monoisotopic (exact) mass is 735 g/mol. The van der Waals surface area contributed by atoms with Crippen LogP contribution in [0.3, 0.4) is 0 Å². The fraction of sp³-hybridized carbons (Fsp3) is 0.333. The van der Waals surface area contributed by atoms with E-state index in [9.17, 15) is 40.0 Å². The molecule has 2 aromatic carbocycles. The van der Waals surface area contributed by atoms with Gasteiger partial charge in [-0.3, -0.25) is 14.7 Å². The molecule has 3 N–H and O–H groups in total. The van der Waals surface area contributed by atoms with E-state index < -0.39 is 50.8 Å². The first-order valence-electron chi connectivity index (χ1n) is 15.6. The van der Waals surface area contributed by atoms with Crippen molar-refractivity contribution in [3.63, 3.8) is 0 Å². The van der Waals surface area contributed by atoms with E-state index in [2.05, 4.69) is 20.7 Å². The normalized spacial score (nSPS) is 15.5. The minimum atomic E-state index is -4.47. The van der Waals surface area contributed by atoms with Crippen molar-refractivity contribution in [2.24, 2.45) is 0 Å². The van der Waals surface area contributed by atoms with Crippen molar-refractivity contribution in [3.05, 3.63) is 94.8 Å². The SMILES string of the molecule is CS(=O)(=O)O.Cc1ccc(-n2nc(C3(C(F)(F)F)CC3)cc2NC(=O)Nc2ccc(N3CCN(C(=O)c4c(F)cccc4F)CC3)nc2C)cc1. The van der Waals surface area contributed by atoms with E-state index in [1.165, 1.54) is 21.7 Å². The fourth-order valence-corrected chi connectivity index (χ4v) is 5.52. The molecule has 1 saturated heterocycles. The Labute approximate surface area is 290 Å². The molecule has 1 saturated carbocycles. The number of carbonyl (C=O) groups excluding carboxylic acids is 2. The maximum atomic E-state index is 14.1. The maximum absolute atomic E-state index is 14.1. The van der Waals surface area contributed by atoms with Gasteiger partial charge in [0.2, 0.25) is 0 Å². The van der Waals surface area contributed by atoms with Crippen LogP contribution in [0.4, 0.5) is 44.1 Å². The molecule has 3 heterocycles. The van der Waals surface area contributed by atoms with Gasteiger partial charge in [-0.25, -0.2) is 23.2 Å². The third-order valence-electron chi connectivity index (χ3n) is 8.40. The van der Waals surface area contributed by atoms with Crippen molar-refractivity contribution in [2.75, 3.05) is 48.0 Å². The number of aromatic nitrogens is 3. The van der Waals surface area contributed by atoms with E-state index in [0.717, 1.165) is 17.7 Å². The summed E-state index contributed by atoms with van der Waals surface area (Å²) in [6.07, 6.45) is -3.89. The molecule has 0 radical (unpaired) electrons. The molecule has 0 unspecified atom stereocenters. The lowest BCUT2D eigenvalue weighted by Crippen LogP contribution is -2.49. The molecule has 1 aliphatic heterocycles. The summed E-state index contributed by atoms with van der Waals surface area (Å²) in [4.78, 5) is 33.7. The average Bonchev–Trinajstić information content (AvgIpc) is 3.77. The molecular weight excluding hydrogens is 701 g/mol. The summed E-state index contributed by atoms with van der Waals surface area (Å²) in [6.45, 7) is 4.75. The van der Waals surface area contributed by atoms with Gasteiger partial charge in [0, 0.05) is 32.2 Å². The smallest absolute Gasteiger partial charge is 0.353 e. The summed E-state index contributed by atoms with van der Waals surface area (Å²) in [5.74, 6) is -1.88. The number of carbonyl (C=O) groups is 2. The molecule has 18 heteroatoms. The first kappa shape index (κ1) is 37.2. The van der Waals surface area contributed by atoms with E-state index in [-0.39, 0.29) is 37.4 Å². The summed E-state index contributed by atoms with van der Waals surface area (Å²) in [6, 6.07) is 14.2. The first-order valence-corrected chi connectivity index (χ1v) is 17.4. The van der Waals surface area contributed by atoms with E-state index in [1.807, 2.05) is 11.8 Å². The second-order valence-electron chi connectivity index (χ2n) is 12.2. The Hall–Kier alpha value is -5.10. The van der Waals surface area contributed by atoms with Gasteiger partial charge in [-0.15, -0.1) is 0 Å². The second-order valence-corrected chi connectivity index (χ2v) is 13.7. The summed E-state index contributed by atoms with van der Waals surface area (Å²) in [5.41, 5.74) is -0.464. The summed E-state index contributed by atoms with van der Waals surface area (Å²) < 4.78 is 97.0. The van der Waals surface area contributed by atoms with Gasteiger partial charge in [0.15, 0.2) is 0 Å². The summed E-state index contributed by atoms with van der Waals surface area (Å²) in [7, 11) is -3.67. The Morgan fingerprint density at radius 1 is 0.902 bits per heavy atom. The van der Waals surface area contributed by atoms with Gasteiger partial charge < -0.3 is 15.1 Å². The van der Waals surface area contributed by atoms with Crippen LogP contribution in [0, 0.1) is 25.5 Å². The van der Waals surface area contributed by atoms with Crippen molar-refractivity contribution in [3.8, 4) is 5.69 Å². The molecule has 0 bridgehead atoms. The topological polar surface area (TPSA) is 150 Å². The van der Waals surface area contributed by atoms with Crippen LogP contribution in [0.1, 0.15) is 40.2 Å². The number of nitrogens with zero attached hydrogens (tertiary/aromatic N) is 5. The quantitative estimate of drug-likeness (QED) is 0.165. The zero-order valence-electron chi connectivity index (χ0n) is 27.6. The number of nitrogens with one attached hydrogen (secondary N) is 2. The molecule has 2 aromatic heterocycles. The number of anilines is 3.